The summed E-state index contributed by atoms with van der Waals surface area (Å²) in [4.78, 5) is 21.0. The molecule has 2 N–H and O–H groups in total. The summed E-state index contributed by atoms with van der Waals surface area (Å²) in [6.07, 6.45) is 4.38. The van der Waals surface area contributed by atoms with Gasteiger partial charge in [0.2, 0.25) is 0 Å². The Kier molecular flexibility index (Phi) is 7.66. The predicted octanol–water partition coefficient (Wildman–Crippen LogP) is 9.04. The Morgan fingerprint density at radius 1 is 0.867 bits per heavy atom. The SMILES string of the molecule is CC1(C)CCC2(CC1)[C@@H](c1ccc(Cl)cc1N)[C@@H](c1ccnc(Cl)c1F)[C@@H]1C(=O)O[C@@H](c3ccccc3)[C@@H](c3ccccc3)N12. The second-order valence-electron chi connectivity index (χ2n) is 13.5. The number of esters is 1. The predicted molar refractivity (Wildman–Crippen MR) is 176 cm³/mol. The van der Waals surface area contributed by atoms with E-state index in [1.807, 2.05) is 60.7 Å². The summed E-state index contributed by atoms with van der Waals surface area (Å²) < 4.78 is 22.7. The van der Waals surface area contributed by atoms with E-state index in [1.165, 1.54) is 6.20 Å². The molecule has 3 aliphatic rings. The van der Waals surface area contributed by atoms with Gasteiger partial charge in [-0.1, -0.05) is 104 Å². The second-order valence-corrected chi connectivity index (χ2v) is 14.3. The van der Waals surface area contributed by atoms with Gasteiger partial charge in [0.1, 0.15) is 12.1 Å². The van der Waals surface area contributed by atoms with Gasteiger partial charge in [-0.25, -0.2) is 9.37 Å². The molecule has 3 heterocycles. The number of fused-ring (bicyclic) bond motifs is 2. The van der Waals surface area contributed by atoms with E-state index < -0.39 is 29.4 Å². The lowest BCUT2D eigenvalue weighted by molar-refractivity contribution is -0.183. The highest BCUT2D eigenvalue weighted by Gasteiger charge is 2.68. The van der Waals surface area contributed by atoms with Crippen LogP contribution in [0, 0.1) is 11.2 Å². The number of halogens is 3. The molecule has 5 nitrogen and oxygen atoms in total. The molecule has 1 aliphatic carbocycles. The molecule has 3 fully saturated rings. The Hall–Kier alpha value is -3.45. The van der Waals surface area contributed by atoms with Gasteiger partial charge in [0.25, 0.3) is 0 Å². The van der Waals surface area contributed by atoms with Crippen LogP contribution in [-0.4, -0.2) is 27.4 Å². The fourth-order valence-electron chi connectivity index (χ4n) is 8.40. The third-order valence-corrected chi connectivity index (χ3v) is 11.0. The summed E-state index contributed by atoms with van der Waals surface area (Å²) in [5.74, 6) is -2.01. The van der Waals surface area contributed by atoms with Gasteiger partial charge in [0.15, 0.2) is 11.0 Å². The minimum Gasteiger partial charge on any atom is -0.454 e. The molecular weight excluding hydrogens is 608 g/mol. The Balaban J connectivity index is 1.54. The quantitative estimate of drug-likeness (QED) is 0.136. The summed E-state index contributed by atoms with van der Waals surface area (Å²) >= 11 is 12.8. The number of morpholine rings is 1. The first kappa shape index (κ1) is 30.2. The monoisotopic (exact) mass is 643 g/mol. The molecule has 3 aromatic carbocycles. The molecule has 0 amide bonds. The number of pyridine rings is 1. The minimum absolute atomic E-state index is 0.109. The van der Waals surface area contributed by atoms with Crippen molar-refractivity contribution in [1.82, 2.24) is 9.88 Å². The van der Waals surface area contributed by atoms with Crippen LogP contribution in [0.5, 0.6) is 0 Å². The summed E-state index contributed by atoms with van der Waals surface area (Å²) in [6, 6.07) is 26.2. The van der Waals surface area contributed by atoms with Crippen LogP contribution in [0.3, 0.4) is 0 Å². The fraction of sp³-hybridized carbons (Fsp3) is 0.351. The van der Waals surface area contributed by atoms with E-state index >= 15 is 4.39 Å². The van der Waals surface area contributed by atoms with Crippen LogP contribution >= 0.6 is 23.2 Å². The number of anilines is 1. The molecule has 7 rings (SSSR count). The van der Waals surface area contributed by atoms with Crippen LogP contribution in [-0.2, 0) is 9.53 Å². The molecule has 45 heavy (non-hydrogen) atoms. The van der Waals surface area contributed by atoms with Crippen molar-refractivity contribution in [2.24, 2.45) is 5.41 Å². The van der Waals surface area contributed by atoms with Crippen molar-refractivity contribution in [3.8, 4) is 0 Å². The highest BCUT2D eigenvalue weighted by Crippen LogP contribution is 2.66. The lowest BCUT2D eigenvalue weighted by Crippen LogP contribution is -2.59. The van der Waals surface area contributed by atoms with Crippen LogP contribution in [0.4, 0.5) is 10.1 Å². The molecule has 0 bridgehead atoms. The Morgan fingerprint density at radius 2 is 1.51 bits per heavy atom. The van der Waals surface area contributed by atoms with Crippen LogP contribution in [0.2, 0.25) is 10.2 Å². The van der Waals surface area contributed by atoms with E-state index in [2.05, 4.69) is 35.9 Å². The summed E-state index contributed by atoms with van der Waals surface area (Å²) in [5.41, 5.74) is 9.98. The number of rotatable bonds is 4. The number of carbonyl (C=O) groups is 1. The number of benzene rings is 3. The number of ether oxygens (including phenoxy) is 1. The molecule has 232 valence electrons. The number of nitrogen functional groups attached to an aromatic ring is 1. The maximum Gasteiger partial charge on any atom is 0.324 e. The van der Waals surface area contributed by atoms with E-state index in [0.717, 1.165) is 42.4 Å². The third kappa shape index (κ3) is 5.02. The third-order valence-electron chi connectivity index (χ3n) is 10.5. The molecule has 0 unspecified atom stereocenters. The molecule has 0 radical (unpaired) electrons. The van der Waals surface area contributed by atoms with Gasteiger partial charge in [-0.3, -0.25) is 9.69 Å². The number of hydrogen-bond acceptors (Lipinski definition) is 5. The number of carbonyl (C=O) groups excluding carboxylic acids is 1. The molecule has 1 aromatic heterocycles. The van der Waals surface area contributed by atoms with Gasteiger partial charge in [-0.05, 0) is 71.6 Å². The zero-order valence-electron chi connectivity index (χ0n) is 25.3. The Bertz CT molecular complexity index is 1720. The summed E-state index contributed by atoms with van der Waals surface area (Å²) in [6.45, 7) is 4.59. The lowest BCUT2D eigenvalue weighted by Gasteiger charge is -2.55. The zero-order valence-corrected chi connectivity index (χ0v) is 26.8. The molecule has 2 aliphatic heterocycles. The number of hydrogen-bond donors (Lipinski definition) is 1. The van der Waals surface area contributed by atoms with Gasteiger partial charge in [-0.2, -0.15) is 0 Å². The molecular formula is C37H36Cl2FN3O2. The maximum absolute atomic E-state index is 16.2. The highest BCUT2D eigenvalue weighted by molar-refractivity contribution is 6.31. The molecule has 1 spiro atoms. The summed E-state index contributed by atoms with van der Waals surface area (Å²) in [7, 11) is 0. The standard InChI is InChI=1S/C37H36Cl2FN3O2/c1-36(2)16-18-37(19-17-36)29(25-14-13-24(38)21-27(25)41)28(26-15-20-42-34(39)30(26)40)32-35(44)45-33(23-11-7-4-8-12-23)31(43(32)37)22-9-5-3-6-10-22/h3-15,20-21,28-29,31-33H,16-19,41H2,1-2H3/t28-,29+,31-,32-,33+/m1/s1. The van der Waals surface area contributed by atoms with Gasteiger partial charge in [0, 0.05) is 34.3 Å². The van der Waals surface area contributed by atoms with Crippen molar-refractivity contribution in [1.29, 1.82) is 0 Å². The first-order valence-electron chi connectivity index (χ1n) is 15.5. The average Bonchev–Trinajstić information content (AvgIpc) is 3.31. The van der Waals surface area contributed by atoms with Crippen LogP contribution < -0.4 is 5.73 Å². The van der Waals surface area contributed by atoms with Gasteiger partial charge in [0.05, 0.1) is 6.04 Å². The van der Waals surface area contributed by atoms with Crippen molar-refractivity contribution in [2.75, 3.05) is 5.73 Å². The lowest BCUT2D eigenvalue weighted by atomic mass is 9.61. The van der Waals surface area contributed by atoms with Crippen LogP contribution in [0.15, 0.2) is 91.1 Å². The van der Waals surface area contributed by atoms with E-state index in [4.69, 9.17) is 33.7 Å². The van der Waals surface area contributed by atoms with E-state index in [0.29, 0.717) is 16.3 Å². The van der Waals surface area contributed by atoms with E-state index in [-0.39, 0.29) is 28.5 Å². The maximum atomic E-state index is 16.2. The van der Waals surface area contributed by atoms with Crippen LogP contribution in [0.1, 0.15) is 85.8 Å². The topological polar surface area (TPSA) is 68.4 Å². The number of aromatic nitrogens is 1. The first-order chi connectivity index (χ1) is 21.6. The van der Waals surface area contributed by atoms with Gasteiger partial charge in [-0.15, -0.1) is 0 Å². The van der Waals surface area contributed by atoms with Crippen molar-refractivity contribution in [3.05, 3.63) is 129 Å². The number of nitrogens with two attached hydrogens (primary N) is 1. The fourth-order valence-corrected chi connectivity index (χ4v) is 8.75. The van der Waals surface area contributed by atoms with Crippen molar-refractivity contribution < 1.29 is 13.9 Å². The van der Waals surface area contributed by atoms with Gasteiger partial charge >= 0.3 is 5.97 Å². The van der Waals surface area contributed by atoms with Crippen molar-refractivity contribution in [3.63, 3.8) is 0 Å². The first-order valence-corrected chi connectivity index (χ1v) is 16.3. The Morgan fingerprint density at radius 3 is 2.16 bits per heavy atom. The number of cyclic esters (lactones) is 1. The molecule has 8 heteroatoms. The molecule has 2 saturated heterocycles. The van der Waals surface area contributed by atoms with Gasteiger partial charge < -0.3 is 10.5 Å². The van der Waals surface area contributed by atoms with Crippen molar-refractivity contribution in [2.45, 2.75) is 75.1 Å². The average molecular weight is 645 g/mol. The molecule has 1 saturated carbocycles. The second kappa shape index (κ2) is 11.4. The van der Waals surface area contributed by atoms with Crippen molar-refractivity contribution >= 4 is 34.9 Å². The smallest absolute Gasteiger partial charge is 0.324 e. The van der Waals surface area contributed by atoms with E-state index in [9.17, 15) is 4.79 Å². The zero-order chi connectivity index (χ0) is 31.5. The number of nitrogens with zero attached hydrogens (tertiary/aromatic N) is 2. The Labute approximate surface area is 273 Å². The molecule has 4 aromatic rings. The van der Waals surface area contributed by atoms with Crippen LogP contribution in [0.25, 0.3) is 0 Å². The highest BCUT2D eigenvalue weighted by atomic mass is 35.5. The van der Waals surface area contributed by atoms with E-state index in [1.54, 1.807) is 12.1 Å². The molecule has 5 atom stereocenters. The summed E-state index contributed by atoms with van der Waals surface area (Å²) in [5, 5.41) is 0.296. The minimum atomic E-state index is -0.801. The largest absolute Gasteiger partial charge is 0.454 e. The normalized spacial score (nSPS) is 27.2.